The molecule has 0 aliphatic rings. The lowest BCUT2D eigenvalue weighted by Crippen LogP contribution is -2.31. The summed E-state index contributed by atoms with van der Waals surface area (Å²) in [4.78, 5) is 16.2. The first-order valence-corrected chi connectivity index (χ1v) is 10.5. The number of aromatic nitrogens is 4. The third-order valence-electron chi connectivity index (χ3n) is 4.55. The highest BCUT2D eigenvalue weighted by Crippen LogP contribution is 2.26. The van der Waals surface area contributed by atoms with E-state index in [1.165, 1.54) is 0 Å². The van der Waals surface area contributed by atoms with Crippen molar-refractivity contribution in [2.45, 2.75) is 50.7 Å². The second-order valence-electron chi connectivity index (χ2n) is 6.55. The number of hydrogen-bond donors (Lipinski definition) is 1. The van der Waals surface area contributed by atoms with Gasteiger partial charge in [-0.25, -0.2) is 0 Å². The predicted octanol–water partition coefficient (Wildman–Crippen LogP) is 4.18. The third-order valence-corrected chi connectivity index (χ3v) is 5.58. The lowest BCUT2D eigenvalue weighted by Gasteiger charge is -2.11. The molecule has 28 heavy (non-hydrogen) atoms. The van der Waals surface area contributed by atoms with Crippen molar-refractivity contribution in [3.63, 3.8) is 0 Å². The van der Waals surface area contributed by atoms with Crippen molar-refractivity contribution in [3.05, 3.63) is 59.9 Å². The SMILES string of the molecule is CC[C@H](C)NC(=O)c1ccc(CSc2nnc(-c3ccncc3)n2CC)cc1. The molecule has 0 unspecified atom stereocenters. The summed E-state index contributed by atoms with van der Waals surface area (Å²) in [7, 11) is 0. The van der Waals surface area contributed by atoms with Crippen LogP contribution in [0.1, 0.15) is 43.1 Å². The van der Waals surface area contributed by atoms with Crippen LogP contribution in [0, 0.1) is 0 Å². The number of thioether (sulfide) groups is 1. The largest absolute Gasteiger partial charge is 0.350 e. The maximum atomic E-state index is 12.2. The summed E-state index contributed by atoms with van der Waals surface area (Å²) in [6.45, 7) is 6.94. The Morgan fingerprint density at radius 1 is 1.11 bits per heavy atom. The first kappa shape index (κ1) is 20.1. The minimum absolute atomic E-state index is 0.0266. The van der Waals surface area contributed by atoms with Crippen LogP contribution in [0.5, 0.6) is 0 Å². The Bertz CT molecular complexity index is 908. The first-order valence-electron chi connectivity index (χ1n) is 9.48. The van der Waals surface area contributed by atoms with Crippen LogP contribution in [0.3, 0.4) is 0 Å². The van der Waals surface area contributed by atoms with Crippen molar-refractivity contribution in [2.24, 2.45) is 0 Å². The molecule has 0 aliphatic heterocycles. The van der Waals surface area contributed by atoms with Crippen LogP contribution in [-0.4, -0.2) is 31.7 Å². The van der Waals surface area contributed by atoms with Gasteiger partial charge < -0.3 is 9.88 Å². The van der Waals surface area contributed by atoms with Crippen molar-refractivity contribution in [1.29, 1.82) is 0 Å². The molecule has 1 atom stereocenters. The maximum Gasteiger partial charge on any atom is 0.251 e. The van der Waals surface area contributed by atoms with E-state index in [4.69, 9.17) is 0 Å². The smallest absolute Gasteiger partial charge is 0.251 e. The molecule has 6 nitrogen and oxygen atoms in total. The van der Waals surface area contributed by atoms with E-state index < -0.39 is 0 Å². The van der Waals surface area contributed by atoms with E-state index in [0.29, 0.717) is 5.56 Å². The second kappa shape index (κ2) is 9.50. The molecule has 3 aromatic rings. The number of pyridine rings is 1. The van der Waals surface area contributed by atoms with Crippen molar-refractivity contribution >= 4 is 17.7 Å². The van der Waals surface area contributed by atoms with Crippen LogP contribution >= 0.6 is 11.8 Å². The average molecular weight is 396 g/mol. The van der Waals surface area contributed by atoms with E-state index in [2.05, 4.69) is 38.9 Å². The number of carbonyl (C=O) groups is 1. The topological polar surface area (TPSA) is 72.7 Å². The highest BCUT2D eigenvalue weighted by Gasteiger charge is 2.13. The Labute approximate surface area is 169 Å². The van der Waals surface area contributed by atoms with Crippen LogP contribution in [0.25, 0.3) is 11.4 Å². The van der Waals surface area contributed by atoms with Gasteiger partial charge >= 0.3 is 0 Å². The summed E-state index contributed by atoms with van der Waals surface area (Å²) in [6.07, 6.45) is 4.44. The molecule has 7 heteroatoms. The minimum atomic E-state index is -0.0266. The summed E-state index contributed by atoms with van der Waals surface area (Å²) in [5, 5.41) is 12.6. The summed E-state index contributed by atoms with van der Waals surface area (Å²) in [5.74, 6) is 1.59. The molecule has 1 N–H and O–H groups in total. The van der Waals surface area contributed by atoms with Gasteiger partial charge in [-0.2, -0.15) is 0 Å². The van der Waals surface area contributed by atoms with E-state index in [9.17, 15) is 4.79 Å². The standard InChI is InChI=1S/C21H25N5OS/c1-4-15(3)23-20(27)18-8-6-16(7-9-18)14-28-21-25-24-19(26(21)5-2)17-10-12-22-13-11-17/h6-13,15H,4-5,14H2,1-3H3,(H,23,27)/t15-/m0/s1. The average Bonchev–Trinajstić information content (AvgIpc) is 3.16. The fourth-order valence-electron chi connectivity index (χ4n) is 2.70. The maximum absolute atomic E-state index is 12.2. The molecule has 0 fully saturated rings. The molecule has 0 bridgehead atoms. The van der Waals surface area contributed by atoms with Crippen LogP contribution in [0.2, 0.25) is 0 Å². The highest BCUT2D eigenvalue weighted by molar-refractivity contribution is 7.98. The lowest BCUT2D eigenvalue weighted by atomic mass is 10.1. The number of nitrogens with one attached hydrogen (secondary N) is 1. The van der Waals surface area contributed by atoms with Gasteiger partial charge in [0, 0.05) is 41.9 Å². The zero-order chi connectivity index (χ0) is 19.9. The molecule has 1 amide bonds. The fraction of sp³-hybridized carbons (Fsp3) is 0.333. The Balaban J connectivity index is 1.66. The lowest BCUT2D eigenvalue weighted by molar-refractivity contribution is 0.0939. The molecule has 0 saturated heterocycles. The van der Waals surface area contributed by atoms with Gasteiger partial charge in [0.05, 0.1) is 0 Å². The molecule has 146 valence electrons. The van der Waals surface area contributed by atoms with E-state index >= 15 is 0 Å². The second-order valence-corrected chi connectivity index (χ2v) is 7.50. The quantitative estimate of drug-likeness (QED) is 0.579. The van der Waals surface area contributed by atoms with Crippen LogP contribution in [-0.2, 0) is 12.3 Å². The summed E-state index contributed by atoms with van der Waals surface area (Å²) >= 11 is 1.64. The Morgan fingerprint density at radius 3 is 2.46 bits per heavy atom. The molecule has 0 aliphatic carbocycles. The van der Waals surface area contributed by atoms with Gasteiger partial charge in [0.1, 0.15) is 0 Å². The summed E-state index contributed by atoms with van der Waals surface area (Å²) in [6, 6.07) is 11.8. The van der Waals surface area contributed by atoms with Gasteiger partial charge in [-0.05, 0) is 50.1 Å². The molecular formula is C21H25N5OS. The molecule has 3 rings (SSSR count). The number of nitrogens with zero attached hydrogens (tertiary/aromatic N) is 4. The normalized spacial score (nSPS) is 12.0. The molecular weight excluding hydrogens is 370 g/mol. The van der Waals surface area contributed by atoms with Crippen molar-refractivity contribution in [3.8, 4) is 11.4 Å². The summed E-state index contributed by atoms with van der Waals surface area (Å²) in [5.41, 5.74) is 2.83. The number of rotatable bonds is 8. The van der Waals surface area contributed by atoms with Crippen LogP contribution in [0.4, 0.5) is 0 Å². The summed E-state index contributed by atoms with van der Waals surface area (Å²) < 4.78 is 2.11. The van der Waals surface area contributed by atoms with Gasteiger partial charge in [-0.3, -0.25) is 9.78 Å². The zero-order valence-electron chi connectivity index (χ0n) is 16.4. The minimum Gasteiger partial charge on any atom is -0.350 e. The predicted molar refractivity (Wildman–Crippen MR) is 112 cm³/mol. The van der Waals surface area contributed by atoms with Gasteiger partial charge in [-0.15, -0.1) is 10.2 Å². The molecule has 0 radical (unpaired) electrons. The van der Waals surface area contributed by atoms with Gasteiger partial charge in [0.2, 0.25) is 0 Å². The van der Waals surface area contributed by atoms with E-state index in [-0.39, 0.29) is 11.9 Å². The van der Waals surface area contributed by atoms with Crippen molar-refractivity contribution in [2.75, 3.05) is 0 Å². The number of amides is 1. The van der Waals surface area contributed by atoms with Gasteiger partial charge in [-0.1, -0.05) is 30.8 Å². The molecule has 0 spiro atoms. The van der Waals surface area contributed by atoms with E-state index in [1.807, 2.05) is 43.3 Å². The molecule has 0 saturated carbocycles. The van der Waals surface area contributed by atoms with Gasteiger partial charge in [0.15, 0.2) is 11.0 Å². The highest BCUT2D eigenvalue weighted by atomic mass is 32.2. The number of carbonyl (C=O) groups excluding carboxylic acids is 1. The van der Waals surface area contributed by atoms with E-state index in [0.717, 1.165) is 40.8 Å². The van der Waals surface area contributed by atoms with Crippen LogP contribution < -0.4 is 5.32 Å². The number of benzene rings is 1. The zero-order valence-corrected chi connectivity index (χ0v) is 17.2. The van der Waals surface area contributed by atoms with Crippen molar-refractivity contribution in [1.82, 2.24) is 25.1 Å². The fourth-order valence-corrected chi connectivity index (χ4v) is 3.66. The molecule has 2 aromatic heterocycles. The Kier molecular flexibility index (Phi) is 6.81. The van der Waals surface area contributed by atoms with Gasteiger partial charge in [0.25, 0.3) is 5.91 Å². The van der Waals surface area contributed by atoms with Crippen molar-refractivity contribution < 1.29 is 4.79 Å². The Morgan fingerprint density at radius 2 is 1.82 bits per heavy atom. The Hall–Kier alpha value is -2.67. The number of hydrogen-bond acceptors (Lipinski definition) is 5. The molecule has 1 aromatic carbocycles. The monoisotopic (exact) mass is 395 g/mol. The van der Waals surface area contributed by atoms with Crippen LogP contribution in [0.15, 0.2) is 53.9 Å². The van der Waals surface area contributed by atoms with E-state index in [1.54, 1.807) is 24.2 Å². The first-order chi connectivity index (χ1) is 13.6. The third kappa shape index (κ3) is 4.78. The molecule has 2 heterocycles.